The molecule has 6 heteroatoms. The van der Waals surface area contributed by atoms with Crippen molar-refractivity contribution in [2.45, 2.75) is 45.4 Å². The van der Waals surface area contributed by atoms with Gasteiger partial charge < -0.3 is 20.7 Å². The van der Waals surface area contributed by atoms with Crippen LogP contribution in [-0.2, 0) is 14.3 Å². The summed E-state index contributed by atoms with van der Waals surface area (Å²) in [5.74, 6) is -0.398. The normalized spacial score (nSPS) is 21.0. The number of morpholine rings is 1. The number of nitrogens with zero attached hydrogens (tertiary/aromatic N) is 1. The van der Waals surface area contributed by atoms with E-state index in [2.05, 4.69) is 5.32 Å². The summed E-state index contributed by atoms with van der Waals surface area (Å²) in [7, 11) is 0. The first-order valence-electron chi connectivity index (χ1n) is 8.72. The summed E-state index contributed by atoms with van der Waals surface area (Å²) in [6.07, 6.45) is -0.160. The highest BCUT2D eigenvalue weighted by atomic mass is 16.5. The monoisotopic (exact) mass is 347 g/mol. The van der Waals surface area contributed by atoms with Gasteiger partial charge in [0.05, 0.1) is 31.3 Å². The lowest BCUT2D eigenvalue weighted by atomic mass is 9.98. The SMILES string of the molecule is CC(C)[C@H](N)C(=O)NCC(=O)N1CC(c2ccccc2)OCC1(C)C. The highest BCUT2D eigenvalue weighted by Gasteiger charge is 2.38. The highest BCUT2D eigenvalue weighted by molar-refractivity contribution is 5.87. The summed E-state index contributed by atoms with van der Waals surface area (Å²) in [4.78, 5) is 26.5. The smallest absolute Gasteiger partial charge is 0.242 e. The summed E-state index contributed by atoms with van der Waals surface area (Å²) >= 11 is 0. The van der Waals surface area contributed by atoms with E-state index in [1.54, 1.807) is 4.90 Å². The molecule has 3 N–H and O–H groups in total. The predicted octanol–water partition coefficient (Wildman–Crippen LogP) is 1.46. The van der Waals surface area contributed by atoms with Crippen molar-refractivity contribution in [1.82, 2.24) is 10.2 Å². The molecule has 6 nitrogen and oxygen atoms in total. The largest absolute Gasteiger partial charge is 0.369 e. The molecule has 0 radical (unpaired) electrons. The zero-order chi connectivity index (χ0) is 18.6. The topological polar surface area (TPSA) is 84.7 Å². The number of amides is 2. The summed E-state index contributed by atoms with van der Waals surface area (Å²) in [6.45, 7) is 8.54. The Morgan fingerprint density at radius 1 is 1.32 bits per heavy atom. The molecule has 1 aliphatic rings. The molecule has 2 amide bonds. The van der Waals surface area contributed by atoms with E-state index in [0.29, 0.717) is 13.2 Å². The van der Waals surface area contributed by atoms with Gasteiger partial charge in [-0.2, -0.15) is 0 Å². The zero-order valence-electron chi connectivity index (χ0n) is 15.5. The standard InChI is InChI=1S/C19H29N3O3/c1-13(2)17(20)18(24)21-10-16(23)22-11-15(25-12-19(22,3)4)14-8-6-5-7-9-14/h5-9,13,15,17H,10-12,20H2,1-4H3,(H,21,24)/t15?,17-/m0/s1. The summed E-state index contributed by atoms with van der Waals surface area (Å²) in [5, 5.41) is 2.66. The quantitative estimate of drug-likeness (QED) is 0.845. The van der Waals surface area contributed by atoms with Crippen LogP contribution in [0.15, 0.2) is 30.3 Å². The fourth-order valence-corrected chi connectivity index (χ4v) is 2.84. The van der Waals surface area contributed by atoms with Gasteiger partial charge in [0.15, 0.2) is 0 Å². The zero-order valence-corrected chi connectivity index (χ0v) is 15.5. The van der Waals surface area contributed by atoms with Crippen molar-refractivity contribution < 1.29 is 14.3 Å². The average Bonchev–Trinajstić information content (AvgIpc) is 2.59. The van der Waals surface area contributed by atoms with Crippen LogP contribution in [0.2, 0.25) is 0 Å². The Morgan fingerprint density at radius 3 is 2.56 bits per heavy atom. The van der Waals surface area contributed by atoms with Crippen molar-refractivity contribution in [3.8, 4) is 0 Å². The van der Waals surface area contributed by atoms with Crippen molar-refractivity contribution >= 4 is 11.8 Å². The second-order valence-corrected chi connectivity index (χ2v) is 7.51. The Hall–Kier alpha value is -1.92. The first-order valence-corrected chi connectivity index (χ1v) is 8.72. The summed E-state index contributed by atoms with van der Waals surface area (Å²) in [5.41, 5.74) is 6.44. The van der Waals surface area contributed by atoms with E-state index in [4.69, 9.17) is 10.5 Å². The maximum absolute atomic E-state index is 12.7. The van der Waals surface area contributed by atoms with Gasteiger partial charge >= 0.3 is 0 Å². The molecule has 1 aromatic carbocycles. The third kappa shape index (κ3) is 4.80. The number of carbonyl (C=O) groups is 2. The minimum Gasteiger partial charge on any atom is -0.369 e. The first kappa shape index (κ1) is 19.4. The van der Waals surface area contributed by atoms with Gasteiger partial charge in [-0.15, -0.1) is 0 Å². The van der Waals surface area contributed by atoms with Gasteiger partial charge in [0, 0.05) is 0 Å². The molecular formula is C19H29N3O3. The minimum absolute atomic E-state index is 0.0254. The lowest BCUT2D eigenvalue weighted by Gasteiger charge is -2.45. The van der Waals surface area contributed by atoms with Crippen LogP contribution in [-0.4, -0.2) is 48.0 Å². The van der Waals surface area contributed by atoms with E-state index in [9.17, 15) is 9.59 Å². The molecule has 25 heavy (non-hydrogen) atoms. The van der Waals surface area contributed by atoms with Crippen molar-refractivity contribution in [2.24, 2.45) is 11.7 Å². The van der Waals surface area contributed by atoms with E-state index in [1.807, 2.05) is 58.0 Å². The molecule has 1 unspecified atom stereocenters. The van der Waals surface area contributed by atoms with E-state index in [0.717, 1.165) is 5.56 Å². The van der Waals surface area contributed by atoms with Crippen LogP contribution in [0.4, 0.5) is 0 Å². The second kappa shape index (κ2) is 7.97. The molecule has 0 aromatic heterocycles. The summed E-state index contributed by atoms with van der Waals surface area (Å²) in [6, 6.07) is 9.25. The molecule has 0 aliphatic carbocycles. The number of ether oxygens (including phenoxy) is 1. The van der Waals surface area contributed by atoms with Crippen LogP contribution in [0, 0.1) is 5.92 Å². The van der Waals surface area contributed by atoms with Crippen molar-refractivity contribution in [3.05, 3.63) is 35.9 Å². The fourth-order valence-electron chi connectivity index (χ4n) is 2.84. The molecule has 0 bridgehead atoms. The Bertz CT molecular complexity index is 601. The average molecular weight is 347 g/mol. The van der Waals surface area contributed by atoms with Crippen LogP contribution in [0.25, 0.3) is 0 Å². The third-order valence-electron chi connectivity index (χ3n) is 4.62. The molecule has 0 saturated carbocycles. The first-order chi connectivity index (χ1) is 11.7. The van der Waals surface area contributed by atoms with Crippen molar-refractivity contribution in [3.63, 3.8) is 0 Å². The third-order valence-corrected chi connectivity index (χ3v) is 4.62. The van der Waals surface area contributed by atoms with Gasteiger partial charge in [-0.1, -0.05) is 44.2 Å². The maximum Gasteiger partial charge on any atom is 0.242 e. The van der Waals surface area contributed by atoms with Gasteiger partial charge in [-0.3, -0.25) is 9.59 Å². The fraction of sp³-hybridized carbons (Fsp3) is 0.579. The van der Waals surface area contributed by atoms with Gasteiger partial charge in [0.2, 0.25) is 11.8 Å². The number of rotatable bonds is 5. The minimum atomic E-state index is -0.609. The number of benzene rings is 1. The lowest BCUT2D eigenvalue weighted by molar-refractivity contribution is -0.154. The molecule has 1 fully saturated rings. The van der Waals surface area contributed by atoms with Crippen molar-refractivity contribution in [2.75, 3.05) is 19.7 Å². The van der Waals surface area contributed by atoms with Crippen molar-refractivity contribution in [1.29, 1.82) is 0 Å². The number of hydrogen-bond acceptors (Lipinski definition) is 4. The molecule has 138 valence electrons. The molecule has 1 heterocycles. The maximum atomic E-state index is 12.7. The molecular weight excluding hydrogens is 318 g/mol. The van der Waals surface area contributed by atoms with Crippen LogP contribution in [0.1, 0.15) is 39.4 Å². The predicted molar refractivity (Wildman–Crippen MR) is 96.8 cm³/mol. The number of carbonyl (C=O) groups excluding carboxylic acids is 2. The molecule has 1 aromatic rings. The Balaban J connectivity index is 2.01. The summed E-state index contributed by atoms with van der Waals surface area (Å²) < 4.78 is 5.95. The van der Waals surface area contributed by atoms with Crippen LogP contribution < -0.4 is 11.1 Å². The van der Waals surface area contributed by atoms with Crippen LogP contribution in [0.5, 0.6) is 0 Å². The lowest BCUT2D eigenvalue weighted by Crippen LogP contribution is -2.58. The second-order valence-electron chi connectivity index (χ2n) is 7.51. The Labute approximate surface area is 149 Å². The molecule has 2 rings (SSSR count). The van der Waals surface area contributed by atoms with Gasteiger partial charge in [0.25, 0.3) is 0 Å². The van der Waals surface area contributed by atoms with Gasteiger partial charge in [-0.25, -0.2) is 0 Å². The van der Waals surface area contributed by atoms with Gasteiger partial charge in [0.1, 0.15) is 6.10 Å². The molecule has 2 atom stereocenters. The van der Waals surface area contributed by atoms with E-state index in [1.165, 1.54) is 0 Å². The Kier molecular flexibility index (Phi) is 6.19. The molecule has 1 aliphatic heterocycles. The van der Waals surface area contributed by atoms with E-state index < -0.39 is 11.6 Å². The number of nitrogens with one attached hydrogen (secondary N) is 1. The molecule has 0 spiro atoms. The number of nitrogens with two attached hydrogens (primary N) is 1. The molecule has 1 saturated heterocycles. The van der Waals surface area contributed by atoms with E-state index in [-0.39, 0.29) is 30.4 Å². The van der Waals surface area contributed by atoms with Crippen LogP contribution >= 0.6 is 0 Å². The Morgan fingerprint density at radius 2 is 1.96 bits per heavy atom. The highest BCUT2D eigenvalue weighted by Crippen LogP contribution is 2.30. The van der Waals surface area contributed by atoms with Crippen LogP contribution in [0.3, 0.4) is 0 Å². The number of hydrogen-bond donors (Lipinski definition) is 2. The van der Waals surface area contributed by atoms with E-state index >= 15 is 0 Å². The van der Waals surface area contributed by atoms with Gasteiger partial charge in [-0.05, 0) is 25.3 Å².